The molecule has 0 N–H and O–H groups in total. The van der Waals surface area contributed by atoms with Gasteiger partial charge in [-0.3, -0.25) is 4.90 Å². The molecule has 202 valence electrons. The van der Waals surface area contributed by atoms with Gasteiger partial charge in [-0.15, -0.1) is 0 Å². The monoisotopic (exact) mass is 536 g/mol. The van der Waals surface area contributed by atoms with Crippen molar-refractivity contribution < 1.29 is 0 Å². The summed E-state index contributed by atoms with van der Waals surface area (Å²) in [6, 6.07) is 28.3. The van der Waals surface area contributed by atoms with Gasteiger partial charge >= 0.3 is 0 Å². The second kappa shape index (κ2) is 9.46. The third-order valence-electron chi connectivity index (χ3n) is 8.62. The van der Waals surface area contributed by atoms with Crippen LogP contribution in [0.4, 0.5) is 0 Å². The normalized spacial score (nSPS) is 15.7. The van der Waals surface area contributed by atoms with Crippen LogP contribution in [0.2, 0.25) is 0 Å². The molecule has 0 radical (unpaired) electrons. The van der Waals surface area contributed by atoms with Gasteiger partial charge in [0.1, 0.15) is 11.3 Å². The highest BCUT2D eigenvalue weighted by atomic mass is 15.2. The number of hydrogen-bond donors (Lipinski definition) is 0. The maximum atomic E-state index is 5.00. The van der Waals surface area contributed by atoms with Crippen LogP contribution >= 0.6 is 0 Å². The average Bonchev–Trinajstić information content (AvgIpc) is 3.72. The first-order valence-corrected chi connectivity index (χ1v) is 14.6. The largest absolute Gasteiger partial charge is 0.312 e. The zero-order valence-corrected chi connectivity index (χ0v) is 23.4. The Balaban J connectivity index is 1.40. The molecule has 1 aliphatic heterocycles. The summed E-state index contributed by atoms with van der Waals surface area (Å²) in [6.45, 7) is 6.86. The van der Waals surface area contributed by atoms with Gasteiger partial charge in [-0.2, -0.15) is 0 Å². The molecule has 0 spiro atoms. The van der Waals surface area contributed by atoms with Crippen molar-refractivity contribution in [3.8, 4) is 28.2 Å². The molecule has 41 heavy (non-hydrogen) atoms. The Morgan fingerprint density at radius 3 is 2.05 bits per heavy atom. The Labute approximate surface area is 239 Å². The van der Waals surface area contributed by atoms with Gasteiger partial charge in [0.2, 0.25) is 0 Å². The Hall–Kier alpha value is -4.68. The topological polar surface area (TPSA) is 42.8 Å². The van der Waals surface area contributed by atoms with Crippen molar-refractivity contribution in [2.45, 2.75) is 32.7 Å². The van der Waals surface area contributed by atoms with Crippen LogP contribution in [-0.2, 0) is 6.42 Å². The molecule has 0 saturated heterocycles. The summed E-state index contributed by atoms with van der Waals surface area (Å²) in [4.78, 5) is 12.6. The van der Waals surface area contributed by atoms with Gasteiger partial charge in [0, 0.05) is 65.3 Å². The smallest absolute Gasteiger partial charge is 0.137 e. The summed E-state index contributed by atoms with van der Waals surface area (Å²) in [7, 11) is 0. The van der Waals surface area contributed by atoms with E-state index in [9.17, 15) is 0 Å². The van der Waals surface area contributed by atoms with Crippen LogP contribution < -0.4 is 0 Å². The van der Waals surface area contributed by atoms with Crippen LogP contribution in [0, 0.1) is 0 Å². The lowest BCUT2D eigenvalue weighted by atomic mass is 9.97. The minimum Gasteiger partial charge on any atom is -0.312 e. The zero-order chi connectivity index (χ0) is 27.5. The van der Waals surface area contributed by atoms with E-state index in [1.54, 1.807) is 0 Å². The molecule has 0 bridgehead atoms. The first-order chi connectivity index (χ1) is 20.2. The fourth-order valence-electron chi connectivity index (χ4n) is 6.70. The second-order valence-electron chi connectivity index (χ2n) is 11.1. The Bertz CT molecular complexity index is 1900. The maximum absolute atomic E-state index is 5.00. The summed E-state index contributed by atoms with van der Waals surface area (Å²) in [5.41, 5.74) is 11.2. The molecule has 0 aliphatic carbocycles. The van der Waals surface area contributed by atoms with E-state index in [0.29, 0.717) is 6.04 Å². The molecule has 1 aliphatic rings. The van der Waals surface area contributed by atoms with Crippen molar-refractivity contribution in [1.82, 2.24) is 28.2 Å². The molecule has 1 unspecified atom stereocenters. The Morgan fingerprint density at radius 1 is 0.780 bits per heavy atom. The lowest BCUT2D eigenvalue weighted by Gasteiger charge is -2.35. The summed E-state index contributed by atoms with van der Waals surface area (Å²) in [6.07, 6.45) is 10.6. The molecule has 0 fully saturated rings. The summed E-state index contributed by atoms with van der Waals surface area (Å²) < 4.78 is 6.68. The first-order valence-electron chi connectivity index (χ1n) is 14.6. The minimum atomic E-state index is 0.323. The molecule has 1 atom stereocenters. The quantitative estimate of drug-likeness (QED) is 0.228. The third kappa shape index (κ3) is 3.90. The van der Waals surface area contributed by atoms with Crippen LogP contribution in [0.15, 0.2) is 104 Å². The maximum Gasteiger partial charge on any atom is 0.137 e. The van der Waals surface area contributed by atoms with Gasteiger partial charge in [-0.25, -0.2) is 9.97 Å². The van der Waals surface area contributed by atoms with Crippen molar-refractivity contribution in [3.63, 3.8) is 0 Å². The van der Waals surface area contributed by atoms with Gasteiger partial charge in [0.15, 0.2) is 0 Å². The van der Waals surface area contributed by atoms with Crippen LogP contribution in [0.5, 0.6) is 0 Å². The van der Waals surface area contributed by atoms with Gasteiger partial charge in [0.05, 0.1) is 16.9 Å². The van der Waals surface area contributed by atoms with Gasteiger partial charge in [-0.1, -0.05) is 37.3 Å². The minimum absolute atomic E-state index is 0.323. The molecule has 0 amide bonds. The van der Waals surface area contributed by atoms with Crippen LogP contribution in [-0.4, -0.2) is 41.3 Å². The number of hydrogen-bond acceptors (Lipinski definition) is 3. The predicted octanol–water partition coefficient (Wildman–Crippen LogP) is 7.59. The summed E-state index contributed by atoms with van der Waals surface area (Å²) in [5, 5.41) is 1.36. The van der Waals surface area contributed by atoms with Crippen LogP contribution in [0.1, 0.15) is 37.6 Å². The highest BCUT2D eigenvalue weighted by Crippen LogP contribution is 2.40. The SMILES string of the molecule is CCCN1CCc2c(n(-c3cc(-c4cn5ccccc5n4)cc(-c4cn5ccccc5n4)c3)c3ccccc23)C1C. The molecular weight excluding hydrogens is 504 g/mol. The number of imidazole rings is 2. The number of rotatable bonds is 5. The second-order valence-corrected chi connectivity index (χ2v) is 11.1. The van der Waals surface area contributed by atoms with Crippen molar-refractivity contribution in [2.75, 3.05) is 13.1 Å². The summed E-state index contributed by atoms with van der Waals surface area (Å²) in [5.74, 6) is 0. The predicted molar refractivity (Wildman–Crippen MR) is 166 cm³/mol. The molecule has 8 rings (SSSR count). The highest BCUT2D eigenvalue weighted by molar-refractivity contribution is 5.89. The van der Waals surface area contributed by atoms with E-state index in [4.69, 9.17) is 9.97 Å². The van der Waals surface area contributed by atoms with Gasteiger partial charge in [-0.05, 0) is 80.4 Å². The Kier molecular flexibility index (Phi) is 5.57. The van der Waals surface area contributed by atoms with Gasteiger partial charge < -0.3 is 13.4 Å². The van der Waals surface area contributed by atoms with E-state index in [0.717, 1.165) is 65.4 Å². The lowest BCUT2D eigenvalue weighted by Crippen LogP contribution is -2.35. The van der Waals surface area contributed by atoms with Crippen molar-refractivity contribution in [1.29, 1.82) is 0 Å². The zero-order valence-electron chi connectivity index (χ0n) is 23.4. The fraction of sp³-hybridized carbons (Fsp3) is 0.200. The van der Waals surface area contributed by atoms with E-state index >= 15 is 0 Å². The van der Waals surface area contributed by atoms with E-state index < -0.39 is 0 Å². The van der Waals surface area contributed by atoms with Crippen LogP contribution in [0.3, 0.4) is 0 Å². The van der Waals surface area contributed by atoms with Crippen LogP contribution in [0.25, 0.3) is 50.4 Å². The highest BCUT2D eigenvalue weighted by Gasteiger charge is 2.30. The third-order valence-corrected chi connectivity index (χ3v) is 8.62. The molecule has 6 nitrogen and oxygen atoms in total. The molecule has 6 heteroatoms. The number of aromatic nitrogens is 5. The number of fused-ring (bicyclic) bond motifs is 5. The van der Waals surface area contributed by atoms with Crippen molar-refractivity contribution in [3.05, 3.63) is 115 Å². The molecule has 5 aromatic heterocycles. The molecule has 0 saturated carbocycles. The molecule has 7 aromatic rings. The number of pyridine rings is 2. The first kappa shape index (κ1) is 24.1. The Morgan fingerprint density at radius 2 is 1.41 bits per heavy atom. The van der Waals surface area contributed by atoms with E-state index in [-0.39, 0.29) is 0 Å². The van der Waals surface area contributed by atoms with E-state index in [2.05, 4.69) is 112 Å². The lowest BCUT2D eigenvalue weighted by molar-refractivity contribution is 0.194. The van der Waals surface area contributed by atoms with E-state index in [1.807, 2.05) is 24.3 Å². The molecule has 2 aromatic carbocycles. The molecular formula is C35H32N6. The van der Waals surface area contributed by atoms with E-state index in [1.165, 1.54) is 22.2 Å². The number of para-hydroxylation sites is 1. The summed E-state index contributed by atoms with van der Waals surface area (Å²) >= 11 is 0. The van der Waals surface area contributed by atoms with Crippen molar-refractivity contribution >= 4 is 22.2 Å². The van der Waals surface area contributed by atoms with Crippen molar-refractivity contribution in [2.24, 2.45) is 0 Å². The average molecular weight is 537 g/mol. The fourth-order valence-corrected chi connectivity index (χ4v) is 6.70. The number of nitrogens with zero attached hydrogens (tertiary/aromatic N) is 6. The van der Waals surface area contributed by atoms with Gasteiger partial charge in [0.25, 0.3) is 0 Å². The molecule has 6 heterocycles. The standard InChI is InChI=1S/C35H32N6/c1-3-15-38-18-14-29-28-10-4-5-11-32(28)41(35(29)24(38)2)27-20-25(30-22-39-16-8-6-12-33(39)36-30)19-26(21-27)31-23-40-17-9-7-13-34(40)37-31/h4-13,16-17,19-24H,3,14-15,18H2,1-2H3. The number of benzene rings is 2.